The Kier molecular flexibility index (Phi) is 4.33. The summed E-state index contributed by atoms with van der Waals surface area (Å²) >= 11 is 0. The summed E-state index contributed by atoms with van der Waals surface area (Å²) in [6.45, 7) is 7.25. The first-order valence-electron chi connectivity index (χ1n) is 9.00. The van der Waals surface area contributed by atoms with Crippen LogP contribution in [-0.2, 0) is 17.8 Å². The predicted molar refractivity (Wildman–Crippen MR) is 90.2 cm³/mol. The van der Waals surface area contributed by atoms with Crippen molar-refractivity contribution in [2.24, 2.45) is 5.92 Å². The summed E-state index contributed by atoms with van der Waals surface area (Å²) in [5.41, 5.74) is 2.52. The van der Waals surface area contributed by atoms with Crippen LogP contribution in [0.15, 0.2) is 16.8 Å². The van der Waals surface area contributed by atoms with Crippen molar-refractivity contribution in [3.05, 3.63) is 35.0 Å². The molecule has 1 unspecified atom stereocenters. The molecule has 7 nitrogen and oxygen atoms in total. The van der Waals surface area contributed by atoms with Gasteiger partial charge in [0.05, 0.1) is 18.8 Å². The molecule has 1 atom stereocenters. The molecule has 0 radical (unpaired) electrons. The van der Waals surface area contributed by atoms with Crippen LogP contribution in [0.5, 0.6) is 0 Å². The van der Waals surface area contributed by atoms with Crippen LogP contribution in [0.3, 0.4) is 0 Å². The van der Waals surface area contributed by atoms with Gasteiger partial charge in [0.2, 0.25) is 0 Å². The van der Waals surface area contributed by atoms with E-state index in [-0.39, 0.29) is 11.8 Å². The Morgan fingerprint density at radius 3 is 2.92 bits per heavy atom. The maximum atomic E-state index is 12.8. The number of aromatic nitrogens is 3. The zero-order valence-electron chi connectivity index (χ0n) is 14.8. The van der Waals surface area contributed by atoms with E-state index in [0.29, 0.717) is 31.2 Å². The van der Waals surface area contributed by atoms with Crippen LogP contribution in [0.25, 0.3) is 0 Å². The van der Waals surface area contributed by atoms with E-state index < -0.39 is 0 Å². The first kappa shape index (κ1) is 16.3. The third-order valence-electron chi connectivity index (χ3n) is 4.92. The lowest BCUT2D eigenvalue weighted by Gasteiger charge is -2.31. The number of fused-ring (bicyclic) bond motifs is 1. The first-order chi connectivity index (χ1) is 12.1. The van der Waals surface area contributed by atoms with Crippen LogP contribution in [0.1, 0.15) is 53.2 Å². The first-order valence-corrected chi connectivity index (χ1v) is 9.00. The van der Waals surface area contributed by atoms with Crippen LogP contribution < -0.4 is 0 Å². The zero-order valence-corrected chi connectivity index (χ0v) is 14.8. The molecular weight excluding hydrogens is 320 g/mol. The normalized spacial score (nSPS) is 19.9. The van der Waals surface area contributed by atoms with E-state index in [2.05, 4.69) is 23.4 Å². The Morgan fingerprint density at radius 1 is 1.40 bits per heavy atom. The molecule has 0 aromatic carbocycles. The number of hydrogen-bond acceptors (Lipinski definition) is 5. The molecule has 2 aliphatic rings. The number of ether oxygens (including phenoxy) is 1. The average molecular weight is 344 g/mol. The monoisotopic (exact) mass is 344 g/mol. The largest absolute Gasteiger partial charge is 0.380 e. The maximum absolute atomic E-state index is 12.8. The van der Waals surface area contributed by atoms with Gasteiger partial charge >= 0.3 is 0 Å². The summed E-state index contributed by atoms with van der Waals surface area (Å²) in [7, 11) is 0. The minimum atomic E-state index is -0.110. The summed E-state index contributed by atoms with van der Waals surface area (Å²) in [5, 5.41) is 8.49. The second-order valence-corrected chi connectivity index (χ2v) is 7.07. The van der Waals surface area contributed by atoms with Crippen molar-refractivity contribution >= 4 is 5.91 Å². The minimum Gasteiger partial charge on any atom is -0.380 e. The Hall–Kier alpha value is -2.15. The molecule has 134 valence electrons. The number of carbonyl (C=O) groups is 1. The summed E-state index contributed by atoms with van der Waals surface area (Å²) in [6, 6.07) is 1.68. The van der Waals surface area contributed by atoms with Gasteiger partial charge in [-0.2, -0.15) is 5.10 Å². The van der Waals surface area contributed by atoms with Gasteiger partial charge in [-0.15, -0.1) is 0 Å². The molecular formula is C18H24N4O3. The number of nitrogens with zero attached hydrogens (tertiary/aromatic N) is 4. The SMILES string of the molecule is CCn1cc2c(n1)CN(C(=O)c1cc(C)on1)CC2COCC1CC1. The lowest BCUT2D eigenvalue weighted by Crippen LogP contribution is -2.39. The highest BCUT2D eigenvalue weighted by molar-refractivity contribution is 5.92. The highest BCUT2D eigenvalue weighted by Gasteiger charge is 2.33. The molecule has 0 N–H and O–H groups in total. The van der Waals surface area contributed by atoms with E-state index in [1.165, 1.54) is 18.4 Å². The smallest absolute Gasteiger partial charge is 0.276 e. The summed E-state index contributed by atoms with van der Waals surface area (Å²) in [6.07, 6.45) is 4.65. The van der Waals surface area contributed by atoms with E-state index >= 15 is 0 Å². The lowest BCUT2D eigenvalue weighted by atomic mass is 9.95. The molecule has 25 heavy (non-hydrogen) atoms. The number of hydrogen-bond donors (Lipinski definition) is 0. The summed E-state index contributed by atoms with van der Waals surface area (Å²) in [5.74, 6) is 1.42. The number of rotatable bonds is 6. The maximum Gasteiger partial charge on any atom is 0.276 e. The fourth-order valence-electron chi connectivity index (χ4n) is 3.30. The van der Waals surface area contributed by atoms with E-state index in [1.54, 1.807) is 17.9 Å². The van der Waals surface area contributed by atoms with E-state index in [9.17, 15) is 4.79 Å². The van der Waals surface area contributed by atoms with Crippen molar-refractivity contribution < 1.29 is 14.1 Å². The predicted octanol–water partition coefficient (Wildman–Crippen LogP) is 2.37. The van der Waals surface area contributed by atoms with Crippen LogP contribution in [-0.4, -0.2) is 45.5 Å². The van der Waals surface area contributed by atoms with Gasteiger partial charge in [-0.25, -0.2) is 0 Å². The molecule has 1 amide bonds. The molecule has 2 aromatic heterocycles. The van der Waals surface area contributed by atoms with Crippen molar-refractivity contribution in [3.8, 4) is 0 Å². The average Bonchev–Trinajstić information content (AvgIpc) is 3.17. The molecule has 1 aliphatic heterocycles. The Labute approximate surface area is 146 Å². The third kappa shape index (κ3) is 3.46. The summed E-state index contributed by atoms with van der Waals surface area (Å²) in [4.78, 5) is 14.6. The van der Waals surface area contributed by atoms with E-state index in [4.69, 9.17) is 9.26 Å². The standard InChI is InChI=1S/C18H24N4O3/c1-3-22-8-15-14(11-24-10-13-4-5-13)7-21(9-17(15)19-22)18(23)16-6-12(2)25-20-16/h6,8,13-14H,3-5,7,9-11H2,1-2H3. The Balaban J connectivity index is 1.52. The van der Waals surface area contributed by atoms with Crippen LogP contribution >= 0.6 is 0 Å². The van der Waals surface area contributed by atoms with Crippen LogP contribution in [0.2, 0.25) is 0 Å². The van der Waals surface area contributed by atoms with Crippen molar-refractivity contribution in [2.45, 2.75) is 45.7 Å². The molecule has 3 heterocycles. The Bertz CT molecular complexity index is 762. The van der Waals surface area contributed by atoms with Gasteiger partial charge in [0.25, 0.3) is 5.91 Å². The molecule has 1 aliphatic carbocycles. The molecule has 7 heteroatoms. The number of amides is 1. The van der Waals surface area contributed by atoms with Gasteiger partial charge < -0.3 is 14.2 Å². The van der Waals surface area contributed by atoms with Gasteiger partial charge in [0, 0.05) is 43.4 Å². The molecule has 0 bridgehead atoms. The van der Waals surface area contributed by atoms with Gasteiger partial charge in [0.1, 0.15) is 5.76 Å². The van der Waals surface area contributed by atoms with E-state index in [1.807, 2.05) is 4.68 Å². The molecule has 1 saturated carbocycles. The lowest BCUT2D eigenvalue weighted by molar-refractivity contribution is 0.0618. The van der Waals surface area contributed by atoms with Crippen molar-refractivity contribution in [1.82, 2.24) is 19.8 Å². The summed E-state index contributed by atoms with van der Waals surface area (Å²) < 4.78 is 12.9. The van der Waals surface area contributed by atoms with Gasteiger partial charge in [-0.05, 0) is 32.6 Å². The third-order valence-corrected chi connectivity index (χ3v) is 4.92. The van der Waals surface area contributed by atoms with Crippen molar-refractivity contribution in [1.29, 1.82) is 0 Å². The van der Waals surface area contributed by atoms with Crippen LogP contribution in [0, 0.1) is 12.8 Å². The molecule has 0 spiro atoms. The number of aryl methyl sites for hydroxylation is 2. The minimum absolute atomic E-state index is 0.110. The second-order valence-electron chi connectivity index (χ2n) is 7.07. The highest BCUT2D eigenvalue weighted by Crippen LogP contribution is 2.32. The Morgan fingerprint density at radius 2 is 2.24 bits per heavy atom. The topological polar surface area (TPSA) is 73.4 Å². The van der Waals surface area contributed by atoms with Gasteiger partial charge in [-0.3, -0.25) is 9.48 Å². The number of carbonyl (C=O) groups excluding carboxylic acids is 1. The van der Waals surface area contributed by atoms with Crippen LogP contribution in [0.4, 0.5) is 0 Å². The highest BCUT2D eigenvalue weighted by atomic mass is 16.5. The zero-order chi connectivity index (χ0) is 17.4. The van der Waals surface area contributed by atoms with Crippen molar-refractivity contribution in [2.75, 3.05) is 19.8 Å². The van der Waals surface area contributed by atoms with Crippen molar-refractivity contribution in [3.63, 3.8) is 0 Å². The molecule has 4 rings (SSSR count). The molecule has 2 aromatic rings. The molecule has 1 fully saturated rings. The van der Waals surface area contributed by atoms with Gasteiger partial charge in [-0.1, -0.05) is 5.16 Å². The molecule has 0 saturated heterocycles. The van der Waals surface area contributed by atoms with Gasteiger partial charge in [0.15, 0.2) is 5.69 Å². The van der Waals surface area contributed by atoms with E-state index in [0.717, 1.165) is 24.8 Å². The second kappa shape index (κ2) is 6.63. The quantitative estimate of drug-likeness (QED) is 0.804. The fraction of sp³-hybridized carbons (Fsp3) is 0.611. The fourth-order valence-corrected chi connectivity index (χ4v) is 3.30.